The van der Waals surface area contributed by atoms with E-state index in [2.05, 4.69) is 5.32 Å². The van der Waals surface area contributed by atoms with E-state index in [1.54, 1.807) is 19.4 Å². The van der Waals surface area contributed by atoms with Gasteiger partial charge in [0.2, 0.25) is 0 Å². The number of rotatable bonds is 3. The van der Waals surface area contributed by atoms with Crippen LogP contribution in [0.5, 0.6) is 0 Å². The lowest BCUT2D eigenvalue weighted by Gasteiger charge is -2.23. The van der Waals surface area contributed by atoms with Crippen LogP contribution in [-0.2, 0) is 4.74 Å². The lowest BCUT2D eigenvalue weighted by atomic mass is 9.95. The first-order chi connectivity index (χ1) is 8.22. The number of nitrogens with one attached hydrogen (secondary N) is 1. The van der Waals surface area contributed by atoms with E-state index in [4.69, 9.17) is 4.74 Å². The second kappa shape index (κ2) is 5.27. The second-order valence-electron chi connectivity index (χ2n) is 4.06. The molecular weight excluding hydrogens is 224 g/mol. The van der Waals surface area contributed by atoms with Crippen molar-refractivity contribution in [1.82, 2.24) is 5.32 Å². The van der Waals surface area contributed by atoms with Gasteiger partial charge in [-0.25, -0.2) is 8.78 Å². The van der Waals surface area contributed by atoms with Crippen molar-refractivity contribution in [2.45, 2.75) is 18.9 Å². The van der Waals surface area contributed by atoms with Crippen molar-refractivity contribution in [2.24, 2.45) is 0 Å². The predicted molar refractivity (Wildman–Crippen MR) is 61.4 cm³/mol. The van der Waals surface area contributed by atoms with Gasteiger partial charge in [-0.2, -0.15) is 0 Å². The van der Waals surface area contributed by atoms with Crippen LogP contribution in [0.2, 0.25) is 0 Å². The zero-order valence-electron chi connectivity index (χ0n) is 9.67. The third kappa shape index (κ3) is 2.64. The number of likely N-dealkylation sites (N-methyl/N-ethyl adjacent to an activating group) is 1. The van der Waals surface area contributed by atoms with E-state index >= 15 is 0 Å². The molecule has 0 aromatic heterocycles. The number of hydrogen-bond donors (Lipinski definition) is 1. The van der Waals surface area contributed by atoms with Crippen LogP contribution < -0.4 is 5.32 Å². The molecule has 0 bridgehead atoms. The van der Waals surface area contributed by atoms with Gasteiger partial charge in [-0.1, -0.05) is 6.07 Å². The SMILES string of the molecule is CNC(C1=COCCC1)c1ccc(F)c(F)c1. The van der Waals surface area contributed by atoms with Gasteiger partial charge in [0.05, 0.1) is 18.9 Å². The summed E-state index contributed by atoms with van der Waals surface area (Å²) >= 11 is 0. The molecule has 1 atom stereocenters. The fourth-order valence-electron chi connectivity index (χ4n) is 2.05. The van der Waals surface area contributed by atoms with Crippen LogP contribution >= 0.6 is 0 Å². The molecule has 0 radical (unpaired) electrons. The van der Waals surface area contributed by atoms with Crippen molar-refractivity contribution in [3.05, 3.63) is 47.2 Å². The molecule has 1 unspecified atom stereocenters. The normalized spacial score (nSPS) is 17.2. The topological polar surface area (TPSA) is 21.3 Å². The number of halogens is 2. The van der Waals surface area contributed by atoms with Crippen LogP contribution in [0, 0.1) is 11.6 Å². The molecule has 0 saturated carbocycles. The number of hydrogen-bond acceptors (Lipinski definition) is 2. The summed E-state index contributed by atoms with van der Waals surface area (Å²) in [5.41, 5.74) is 1.77. The van der Waals surface area contributed by atoms with E-state index in [0.29, 0.717) is 5.56 Å². The van der Waals surface area contributed by atoms with Crippen molar-refractivity contribution in [1.29, 1.82) is 0 Å². The highest BCUT2D eigenvalue weighted by molar-refractivity contribution is 5.29. The molecule has 1 N–H and O–H groups in total. The summed E-state index contributed by atoms with van der Waals surface area (Å²) in [5.74, 6) is -1.64. The standard InChI is InChI=1S/C13H15F2NO/c1-16-13(10-3-2-6-17-8-10)9-4-5-11(14)12(15)7-9/h4-5,7-8,13,16H,2-3,6H2,1H3. The summed E-state index contributed by atoms with van der Waals surface area (Å²) in [7, 11) is 1.79. The van der Waals surface area contributed by atoms with E-state index in [1.807, 2.05) is 0 Å². The van der Waals surface area contributed by atoms with Crippen molar-refractivity contribution in [3.63, 3.8) is 0 Å². The zero-order valence-corrected chi connectivity index (χ0v) is 9.67. The van der Waals surface area contributed by atoms with Gasteiger partial charge in [0.25, 0.3) is 0 Å². The Hall–Kier alpha value is -1.42. The maximum atomic E-state index is 13.2. The highest BCUT2D eigenvalue weighted by atomic mass is 19.2. The van der Waals surface area contributed by atoms with Crippen LogP contribution in [0.4, 0.5) is 8.78 Å². The Morgan fingerprint density at radius 3 is 2.71 bits per heavy atom. The van der Waals surface area contributed by atoms with Gasteiger partial charge in [0.1, 0.15) is 0 Å². The quantitative estimate of drug-likeness (QED) is 0.875. The Labute approximate surface area is 99.3 Å². The molecule has 0 aliphatic carbocycles. The summed E-state index contributed by atoms with van der Waals surface area (Å²) in [6.07, 6.45) is 3.57. The third-order valence-corrected chi connectivity index (χ3v) is 2.90. The summed E-state index contributed by atoms with van der Waals surface area (Å²) in [5, 5.41) is 3.10. The summed E-state index contributed by atoms with van der Waals surface area (Å²) < 4.78 is 31.3. The predicted octanol–water partition coefficient (Wildman–Crippen LogP) is 2.92. The van der Waals surface area contributed by atoms with E-state index < -0.39 is 11.6 Å². The number of benzene rings is 1. The average Bonchev–Trinajstić information content (AvgIpc) is 2.36. The van der Waals surface area contributed by atoms with Gasteiger partial charge < -0.3 is 10.1 Å². The molecule has 0 amide bonds. The van der Waals surface area contributed by atoms with Gasteiger partial charge in [-0.3, -0.25) is 0 Å². The molecular formula is C13H15F2NO. The monoisotopic (exact) mass is 239 g/mol. The van der Waals surface area contributed by atoms with Crippen LogP contribution in [-0.4, -0.2) is 13.7 Å². The van der Waals surface area contributed by atoms with Gasteiger partial charge in [0, 0.05) is 0 Å². The minimum absolute atomic E-state index is 0.120. The van der Waals surface area contributed by atoms with Crippen LogP contribution in [0.25, 0.3) is 0 Å². The molecule has 1 aliphatic heterocycles. The molecule has 17 heavy (non-hydrogen) atoms. The Morgan fingerprint density at radius 2 is 2.12 bits per heavy atom. The molecule has 0 fully saturated rings. The molecule has 2 nitrogen and oxygen atoms in total. The maximum Gasteiger partial charge on any atom is 0.159 e. The minimum Gasteiger partial charge on any atom is -0.501 e. The molecule has 2 rings (SSSR count). The second-order valence-corrected chi connectivity index (χ2v) is 4.06. The maximum absolute atomic E-state index is 13.2. The Morgan fingerprint density at radius 1 is 1.29 bits per heavy atom. The first kappa shape index (κ1) is 12.0. The Bertz CT molecular complexity index is 431. The summed E-state index contributed by atoms with van der Waals surface area (Å²) in [4.78, 5) is 0. The van der Waals surface area contributed by atoms with Crippen molar-refractivity contribution >= 4 is 0 Å². The van der Waals surface area contributed by atoms with E-state index in [0.717, 1.165) is 31.1 Å². The first-order valence-electron chi connectivity index (χ1n) is 5.65. The first-order valence-corrected chi connectivity index (χ1v) is 5.65. The minimum atomic E-state index is -0.822. The average molecular weight is 239 g/mol. The van der Waals surface area contributed by atoms with Crippen LogP contribution in [0.3, 0.4) is 0 Å². The molecule has 1 aliphatic rings. The summed E-state index contributed by atoms with van der Waals surface area (Å²) in [6.45, 7) is 0.720. The fourth-order valence-corrected chi connectivity index (χ4v) is 2.05. The fraction of sp³-hybridized carbons (Fsp3) is 0.385. The Balaban J connectivity index is 2.28. The highest BCUT2D eigenvalue weighted by Crippen LogP contribution is 2.28. The highest BCUT2D eigenvalue weighted by Gasteiger charge is 2.18. The van der Waals surface area contributed by atoms with Crippen molar-refractivity contribution < 1.29 is 13.5 Å². The molecule has 92 valence electrons. The van der Waals surface area contributed by atoms with E-state index in [1.165, 1.54) is 6.07 Å². The van der Waals surface area contributed by atoms with E-state index in [9.17, 15) is 8.78 Å². The van der Waals surface area contributed by atoms with Gasteiger partial charge in [-0.05, 0) is 43.2 Å². The number of ether oxygens (including phenoxy) is 1. The van der Waals surface area contributed by atoms with Gasteiger partial charge >= 0.3 is 0 Å². The lowest BCUT2D eigenvalue weighted by molar-refractivity contribution is 0.220. The van der Waals surface area contributed by atoms with Gasteiger partial charge in [-0.15, -0.1) is 0 Å². The molecule has 1 heterocycles. The van der Waals surface area contributed by atoms with Crippen LogP contribution in [0.1, 0.15) is 24.4 Å². The van der Waals surface area contributed by atoms with Gasteiger partial charge in [0.15, 0.2) is 11.6 Å². The smallest absolute Gasteiger partial charge is 0.159 e. The molecule has 0 spiro atoms. The lowest BCUT2D eigenvalue weighted by Crippen LogP contribution is -2.21. The molecule has 1 aromatic carbocycles. The largest absolute Gasteiger partial charge is 0.501 e. The van der Waals surface area contributed by atoms with Crippen molar-refractivity contribution in [3.8, 4) is 0 Å². The summed E-state index contributed by atoms with van der Waals surface area (Å²) in [6, 6.07) is 3.85. The molecule has 4 heteroatoms. The Kier molecular flexibility index (Phi) is 3.74. The van der Waals surface area contributed by atoms with Crippen LogP contribution in [0.15, 0.2) is 30.0 Å². The van der Waals surface area contributed by atoms with Crippen molar-refractivity contribution in [2.75, 3.05) is 13.7 Å². The molecule has 0 saturated heterocycles. The zero-order chi connectivity index (χ0) is 12.3. The third-order valence-electron chi connectivity index (χ3n) is 2.90. The van der Waals surface area contributed by atoms with E-state index in [-0.39, 0.29) is 6.04 Å². The molecule has 1 aromatic rings.